The van der Waals surface area contributed by atoms with Gasteiger partial charge in [-0.3, -0.25) is 4.79 Å². The molecule has 1 atom stereocenters. The number of nitrogens with one attached hydrogen (secondary N) is 1. The van der Waals surface area contributed by atoms with E-state index >= 15 is 0 Å². The van der Waals surface area contributed by atoms with Gasteiger partial charge in [-0.2, -0.15) is 0 Å². The largest absolute Gasteiger partial charge is 0.508 e. The molecule has 3 N–H and O–H groups in total. The summed E-state index contributed by atoms with van der Waals surface area (Å²) in [6.07, 6.45) is 0.194. The molecule has 0 saturated heterocycles. The van der Waals surface area contributed by atoms with Gasteiger partial charge in [0.15, 0.2) is 0 Å². The summed E-state index contributed by atoms with van der Waals surface area (Å²) < 4.78 is 0. The van der Waals surface area contributed by atoms with Gasteiger partial charge in [0.2, 0.25) is 0 Å². The highest BCUT2D eigenvalue weighted by Crippen LogP contribution is 2.17. The van der Waals surface area contributed by atoms with Crippen LogP contribution in [0.1, 0.15) is 21.5 Å². The number of hydrogen-bond acceptors (Lipinski definition) is 3. The summed E-state index contributed by atoms with van der Waals surface area (Å²) in [5.41, 5.74) is 1.69. The number of phenolic OH excluding ortho intramolecular Hbond substituents is 1. The molecule has 0 radical (unpaired) electrons. The van der Waals surface area contributed by atoms with Crippen molar-refractivity contribution < 1.29 is 19.8 Å². The molecule has 0 bridgehead atoms. The highest BCUT2D eigenvalue weighted by atomic mass is 16.4. The van der Waals surface area contributed by atoms with Crippen LogP contribution in [0.15, 0.2) is 48.5 Å². The van der Waals surface area contributed by atoms with Gasteiger partial charge < -0.3 is 15.5 Å². The monoisotopic (exact) mass is 299 g/mol. The van der Waals surface area contributed by atoms with Gasteiger partial charge >= 0.3 is 5.97 Å². The maximum atomic E-state index is 12.1. The second-order valence-corrected chi connectivity index (χ2v) is 5.06. The zero-order valence-electron chi connectivity index (χ0n) is 12.1. The number of carbonyl (C=O) groups is 2. The van der Waals surface area contributed by atoms with Crippen LogP contribution in [0.3, 0.4) is 0 Å². The Bertz CT molecular complexity index is 682. The number of phenols is 1. The molecule has 0 aliphatic carbocycles. The number of aliphatic carboxylic acids is 1. The first-order valence-corrected chi connectivity index (χ1v) is 6.84. The smallest absolute Gasteiger partial charge is 0.326 e. The molecule has 0 heterocycles. The minimum Gasteiger partial charge on any atom is -0.508 e. The zero-order valence-corrected chi connectivity index (χ0v) is 12.1. The van der Waals surface area contributed by atoms with Crippen LogP contribution in [0, 0.1) is 6.92 Å². The Morgan fingerprint density at radius 1 is 1.14 bits per heavy atom. The number of amides is 1. The first-order chi connectivity index (χ1) is 10.5. The van der Waals surface area contributed by atoms with Crippen molar-refractivity contribution in [3.8, 4) is 5.75 Å². The Labute approximate surface area is 128 Å². The first kappa shape index (κ1) is 15.6. The number of carboxylic acids is 1. The van der Waals surface area contributed by atoms with Crippen LogP contribution in [-0.2, 0) is 11.2 Å². The van der Waals surface area contributed by atoms with Crippen LogP contribution >= 0.6 is 0 Å². The highest BCUT2D eigenvalue weighted by molar-refractivity contribution is 5.97. The molecule has 1 unspecified atom stereocenters. The standard InChI is InChI=1S/C17H17NO4/c1-11-7-8-13(10-15(11)19)16(20)18-14(17(21)22)9-12-5-3-2-4-6-12/h2-8,10,14,19H,9H2,1H3,(H,18,20)(H,21,22). The molecule has 1 amide bonds. The lowest BCUT2D eigenvalue weighted by atomic mass is 10.1. The number of aryl methyl sites for hydroxylation is 1. The summed E-state index contributed by atoms with van der Waals surface area (Å²) in [6.45, 7) is 1.71. The van der Waals surface area contributed by atoms with Crippen LogP contribution < -0.4 is 5.32 Å². The van der Waals surface area contributed by atoms with Gasteiger partial charge in [-0.25, -0.2) is 4.79 Å². The van der Waals surface area contributed by atoms with Crippen LogP contribution in [0.5, 0.6) is 5.75 Å². The zero-order chi connectivity index (χ0) is 16.1. The summed E-state index contributed by atoms with van der Waals surface area (Å²) in [4.78, 5) is 23.5. The molecule has 2 aromatic carbocycles. The van der Waals surface area contributed by atoms with Crippen molar-refractivity contribution in [3.05, 3.63) is 65.2 Å². The molecule has 114 valence electrons. The Hall–Kier alpha value is -2.82. The van der Waals surface area contributed by atoms with E-state index in [4.69, 9.17) is 0 Å². The molecule has 2 aromatic rings. The van der Waals surface area contributed by atoms with Crippen LogP contribution in [0.4, 0.5) is 0 Å². The molecule has 5 nitrogen and oxygen atoms in total. The van der Waals surface area contributed by atoms with E-state index in [1.54, 1.807) is 31.2 Å². The minimum absolute atomic E-state index is 0.00239. The fourth-order valence-corrected chi connectivity index (χ4v) is 2.04. The van der Waals surface area contributed by atoms with Crippen LogP contribution in [-0.4, -0.2) is 28.1 Å². The Balaban J connectivity index is 2.12. The molecule has 2 rings (SSSR count). The average molecular weight is 299 g/mol. The maximum Gasteiger partial charge on any atom is 0.326 e. The molecule has 22 heavy (non-hydrogen) atoms. The second-order valence-electron chi connectivity index (χ2n) is 5.06. The van der Waals surface area contributed by atoms with Gasteiger partial charge in [0.05, 0.1) is 0 Å². The number of carboxylic acid groups (broad SMARTS) is 1. The van der Waals surface area contributed by atoms with E-state index in [2.05, 4.69) is 5.32 Å². The Kier molecular flexibility index (Phi) is 4.78. The number of aromatic hydroxyl groups is 1. The third-order valence-electron chi connectivity index (χ3n) is 3.36. The molecule has 0 aliphatic rings. The molecule has 0 fully saturated rings. The van der Waals surface area contributed by atoms with Gasteiger partial charge in [-0.1, -0.05) is 36.4 Å². The highest BCUT2D eigenvalue weighted by Gasteiger charge is 2.21. The fraction of sp³-hybridized carbons (Fsp3) is 0.176. The minimum atomic E-state index is -1.10. The summed E-state index contributed by atoms with van der Waals surface area (Å²) in [7, 11) is 0. The molecular formula is C17H17NO4. The fourth-order valence-electron chi connectivity index (χ4n) is 2.04. The quantitative estimate of drug-likeness (QED) is 0.789. The number of rotatable bonds is 5. The number of benzene rings is 2. The molecule has 5 heteroatoms. The number of hydrogen-bond donors (Lipinski definition) is 3. The number of carbonyl (C=O) groups excluding carboxylic acids is 1. The molecule has 0 saturated carbocycles. The van der Waals surface area contributed by atoms with Crippen molar-refractivity contribution in [2.45, 2.75) is 19.4 Å². The molecule has 0 spiro atoms. The van der Waals surface area contributed by atoms with Gasteiger partial charge in [-0.15, -0.1) is 0 Å². The third-order valence-corrected chi connectivity index (χ3v) is 3.36. The van der Waals surface area contributed by atoms with E-state index in [0.717, 1.165) is 5.56 Å². The topological polar surface area (TPSA) is 86.6 Å². The summed E-state index contributed by atoms with van der Waals surface area (Å²) in [5, 5.41) is 21.4. The van der Waals surface area contributed by atoms with Crippen molar-refractivity contribution in [3.63, 3.8) is 0 Å². The maximum absolute atomic E-state index is 12.1. The van der Waals surface area contributed by atoms with Crippen molar-refractivity contribution >= 4 is 11.9 Å². The lowest BCUT2D eigenvalue weighted by Crippen LogP contribution is -2.42. The van der Waals surface area contributed by atoms with Gasteiger partial charge in [0.1, 0.15) is 11.8 Å². The van der Waals surface area contributed by atoms with E-state index < -0.39 is 17.9 Å². The van der Waals surface area contributed by atoms with E-state index in [-0.39, 0.29) is 17.7 Å². The van der Waals surface area contributed by atoms with Crippen molar-refractivity contribution in [1.82, 2.24) is 5.32 Å². The van der Waals surface area contributed by atoms with Gasteiger partial charge in [0.25, 0.3) is 5.91 Å². The third kappa shape index (κ3) is 3.85. The van der Waals surface area contributed by atoms with Crippen LogP contribution in [0.2, 0.25) is 0 Å². The first-order valence-electron chi connectivity index (χ1n) is 6.84. The van der Waals surface area contributed by atoms with Crippen LogP contribution in [0.25, 0.3) is 0 Å². The molecular weight excluding hydrogens is 282 g/mol. The van der Waals surface area contributed by atoms with E-state index in [1.807, 2.05) is 18.2 Å². The molecule has 0 aliphatic heterocycles. The van der Waals surface area contributed by atoms with Crippen molar-refractivity contribution in [2.75, 3.05) is 0 Å². The Morgan fingerprint density at radius 3 is 2.41 bits per heavy atom. The summed E-state index contributed by atoms with van der Waals surface area (Å²) in [6, 6.07) is 12.5. The Morgan fingerprint density at radius 2 is 1.82 bits per heavy atom. The second kappa shape index (κ2) is 6.76. The molecule has 0 aromatic heterocycles. The van der Waals surface area contributed by atoms with Crippen molar-refractivity contribution in [1.29, 1.82) is 0 Å². The van der Waals surface area contributed by atoms with Gasteiger partial charge in [0, 0.05) is 12.0 Å². The predicted octanol–water partition coefficient (Wildman–Crippen LogP) is 2.13. The van der Waals surface area contributed by atoms with Gasteiger partial charge in [-0.05, 0) is 30.2 Å². The lowest BCUT2D eigenvalue weighted by Gasteiger charge is -2.15. The SMILES string of the molecule is Cc1ccc(C(=O)NC(Cc2ccccc2)C(=O)O)cc1O. The summed E-state index contributed by atoms with van der Waals surface area (Å²) >= 11 is 0. The van der Waals surface area contributed by atoms with E-state index in [1.165, 1.54) is 6.07 Å². The summed E-state index contributed by atoms with van der Waals surface area (Å²) in [5.74, 6) is -1.63. The predicted molar refractivity (Wildman–Crippen MR) is 81.9 cm³/mol. The lowest BCUT2D eigenvalue weighted by molar-refractivity contribution is -0.139. The average Bonchev–Trinajstić information content (AvgIpc) is 2.50. The van der Waals surface area contributed by atoms with E-state index in [9.17, 15) is 19.8 Å². The normalized spacial score (nSPS) is 11.7. The van der Waals surface area contributed by atoms with E-state index in [0.29, 0.717) is 5.56 Å². The van der Waals surface area contributed by atoms with Crippen molar-refractivity contribution in [2.24, 2.45) is 0 Å².